The predicted molar refractivity (Wildman–Crippen MR) is 76.1 cm³/mol. The lowest BCUT2D eigenvalue weighted by atomic mass is 9.94. The summed E-state index contributed by atoms with van der Waals surface area (Å²) in [6, 6.07) is 3.42. The highest BCUT2D eigenvalue weighted by Gasteiger charge is 2.19. The molecule has 1 aromatic rings. The third kappa shape index (κ3) is 4.40. The lowest BCUT2D eigenvalue weighted by Gasteiger charge is -2.20. The van der Waals surface area contributed by atoms with Crippen LogP contribution in [0.25, 0.3) is 0 Å². The van der Waals surface area contributed by atoms with E-state index in [1.165, 1.54) is 0 Å². The van der Waals surface area contributed by atoms with Crippen molar-refractivity contribution in [2.24, 2.45) is 0 Å². The molecule has 0 heterocycles. The van der Waals surface area contributed by atoms with Gasteiger partial charge in [0, 0.05) is 6.42 Å². The lowest BCUT2D eigenvalue weighted by molar-refractivity contribution is -0.143. The summed E-state index contributed by atoms with van der Waals surface area (Å²) in [5.74, 6) is -0.272. The van der Waals surface area contributed by atoms with Crippen LogP contribution in [0.2, 0.25) is 5.02 Å². The summed E-state index contributed by atoms with van der Waals surface area (Å²) in [4.78, 5) is 11.3. The topological polar surface area (TPSA) is 72.5 Å². The zero-order valence-corrected chi connectivity index (χ0v) is 12.3. The number of hydrogen-bond donors (Lipinski definition) is 2. The van der Waals surface area contributed by atoms with Crippen LogP contribution in [-0.4, -0.2) is 17.7 Å². The van der Waals surface area contributed by atoms with Crippen molar-refractivity contribution >= 4 is 23.3 Å². The number of carbonyl (C=O) groups is 1. The Morgan fingerprint density at radius 1 is 1.47 bits per heavy atom. The van der Waals surface area contributed by atoms with E-state index in [-0.39, 0.29) is 12.4 Å². The van der Waals surface area contributed by atoms with E-state index in [2.05, 4.69) is 0 Å². The third-order valence-electron chi connectivity index (χ3n) is 2.83. The number of carbonyl (C=O) groups excluding carboxylic acids is 1. The van der Waals surface area contributed by atoms with Crippen LogP contribution >= 0.6 is 11.6 Å². The maximum absolute atomic E-state index is 11.3. The van der Waals surface area contributed by atoms with Crippen LogP contribution in [0.1, 0.15) is 38.3 Å². The summed E-state index contributed by atoms with van der Waals surface area (Å²) in [6.07, 6.45) is 0.679. The minimum atomic E-state index is -1.00. The van der Waals surface area contributed by atoms with Crippen molar-refractivity contribution < 1.29 is 14.6 Å². The summed E-state index contributed by atoms with van der Waals surface area (Å²) in [5.41, 5.74) is 6.75. The molecule has 0 fully saturated rings. The average molecular weight is 286 g/mol. The first-order chi connectivity index (χ1) is 8.75. The molecule has 0 radical (unpaired) electrons. The molecule has 19 heavy (non-hydrogen) atoms. The summed E-state index contributed by atoms with van der Waals surface area (Å²) in [5, 5.41) is 10.4. The maximum atomic E-state index is 11.3. The molecule has 0 aliphatic carbocycles. The van der Waals surface area contributed by atoms with E-state index in [4.69, 9.17) is 22.1 Å². The Balaban J connectivity index is 2.94. The molecule has 0 spiro atoms. The number of aliphatic hydroxyl groups is 1. The fraction of sp³-hybridized carbons (Fsp3) is 0.500. The van der Waals surface area contributed by atoms with Gasteiger partial charge in [0.15, 0.2) is 0 Å². The van der Waals surface area contributed by atoms with Gasteiger partial charge in [0.1, 0.15) is 0 Å². The minimum Gasteiger partial charge on any atom is -0.466 e. The van der Waals surface area contributed by atoms with Gasteiger partial charge in [-0.05, 0) is 44.4 Å². The number of nitrogens with two attached hydrogens (primary N) is 1. The summed E-state index contributed by atoms with van der Waals surface area (Å²) < 4.78 is 4.87. The van der Waals surface area contributed by atoms with Crippen molar-refractivity contribution in [3.63, 3.8) is 0 Å². The molecule has 0 saturated carbocycles. The van der Waals surface area contributed by atoms with Crippen LogP contribution in [0.15, 0.2) is 12.1 Å². The number of benzene rings is 1. The van der Waals surface area contributed by atoms with E-state index < -0.39 is 5.60 Å². The Bertz CT molecular complexity index is 466. The number of ether oxygens (including phenoxy) is 1. The Morgan fingerprint density at radius 3 is 2.63 bits per heavy atom. The van der Waals surface area contributed by atoms with Gasteiger partial charge in [-0.1, -0.05) is 17.7 Å². The third-order valence-corrected chi connectivity index (χ3v) is 3.14. The van der Waals surface area contributed by atoms with E-state index in [9.17, 15) is 9.90 Å². The molecule has 106 valence electrons. The number of hydrogen-bond acceptors (Lipinski definition) is 4. The zero-order chi connectivity index (χ0) is 14.6. The van der Waals surface area contributed by atoms with Crippen LogP contribution in [0.3, 0.4) is 0 Å². The van der Waals surface area contributed by atoms with E-state index in [1.54, 1.807) is 32.9 Å². The monoisotopic (exact) mass is 285 g/mol. The second-order valence-electron chi connectivity index (χ2n) is 4.89. The first-order valence-corrected chi connectivity index (χ1v) is 6.60. The second kappa shape index (κ2) is 6.26. The maximum Gasteiger partial charge on any atom is 0.306 e. The number of esters is 1. The van der Waals surface area contributed by atoms with Gasteiger partial charge in [0.25, 0.3) is 0 Å². The van der Waals surface area contributed by atoms with Crippen LogP contribution in [0, 0.1) is 0 Å². The molecule has 0 bridgehead atoms. The van der Waals surface area contributed by atoms with Crippen LogP contribution in [0.4, 0.5) is 5.69 Å². The van der Waals surface area contributed by atoms with E-state index in [0.717, 1.165) is 5.56 Å². The lowest BCUT2D eigenvalue weighted by Crippen LogP contribution is -2.16. The fourth-order valence-electron chi connectivity index (χ4n) is 1.70. The molecule has 0 saturated heterocycles. The van der Waals surface area contributed by atoms with Crippen LogP contribution < -0.4 is 5.73 Å². The van der Waals surface area contributed by atoms with E-state index in [1.807, 2.05) is 0 Å². The predicted octanol–water partition coefficient (Wildman–Crippen LogP) is 2.65. The normalized spacial score (nSPS) is 11.4. The molecule has 1 aromatic carbocycles. The highest BCUT2D eigenvalue weighted by Crippen LogP contribution is 2.31. The van der Waals surface area contributed by atoms with Gasteiger partial charge in [-0.15, -0.1) is 0 Å². The smallest absolute Gasteiger partial charge is 0.306 e. The fourth-order valence-corrected chi connectivity index (χ4v) is 1.94. The summed E-state index contributed by atoms with van der Waals surface area (Å²) >= 11 is 6.05. The summed E-state index contributed by atoms with van der Waals surface area (Å²) in [7, 11) is 0. The highest BCUT2D eigenvalue weighted by molar-refractivity contribution is 6.33. The molecule has 0 atom stereocenters. The molecule has 0 aliphatic rings. The quantitative estimate of drug-likeness (QED) is 0.644. The Hall–Kier alpha value is -1.26. The van der Waals surface area contributed by atoms with Crippen LogP contribution in [0.5, 0.6) is 0 Å². The molecular weight excluding hydrogens is 266 g/mol. The van der Waals surface area contributed by atoms with Crippen molar-refractivity contribution in [1.29, 1.82) is 0 Å². The average Bonchev–Trinajstić information content (AvgIpc) is 2.30. The zero-order valence-electron chi connectivity index (χ0n) is 11.5. The van der Waals surface area contributed by atoms with Crippen molar-refractivity contribution in [2.75, 3.05) is 12.3 Å². The number of aryl methyl sites for hydroxylation is 1. The van der Waals surface area contributed by atoms with Gasteiger partial charge in [-0.2, -0.15) is 0 Å². The molecule has 4 nitrogen and oxygen atoms in total. The number of halogens is 1. The minimum absolute atomic E-state index is 0.240. The van der Waals surface area contributed by atoms with Crippen molar-refractivity contribution in [3.8, 4) is 0 Å². The Kier molecular flexibility index (Phi) is 5.20. The number of anilines is 1. The molecule has 0 unspecified atom stereocenters. The number of nitrogen functional groups attached to an aromatic ring is 1. The molecule has 0 amide bonds. The van der Waals surface area contributed by atoms with Crippen molar-refractivity contribution in [3.05, 3.63) is 28.3 Å². The van der Waals surface area contributed by atoms with Crippen molar-refractivity contribution in [2.45, 2.75) is 39.2 Å². The van der Waals surface area contributed by atoms with Crippen LogP contribution in [-0.2, 0) is 21.6 Å². The molecule has 5 heteroatoms. The summed E-state index contributed by atoms with van der Waals surface area (Å²) in [6.45, 7) is 5.46. The van der Waals surface area contributed by atoms with Gasteiger partial charge in [-0.25, -0.2) is 0 Å². The molecule has 3 N–H and O–H groups in total. The largest absolute Gasteiger partial charge is 0.466 e. The van der Waals surface area contributed by atoms with Gasteiger partial charge in [0.2, 0.25) is 0 Å². The van der Waals surface area contributed by atoms with Crippen molar-refractivity contribution in [1.82, 2.24) is 0 Å². The highest BCUT2D eigenvalue weighted by atomic mass is 35.5. The molecule has 1 rings (SSSR count). The second-order valence-corrected chi connectivity index (χ2v) is 5.30. The van der Waals surface area contributed by atoms with E-state index >= 15 is 0 Å². The SMILES string of the molecule is CCOC(=O)CCc1cc(C(C)(C)O)cc(Cl)c1N. The van der Waals surface area contributed by atoms with E-state index in [0.29, 0.717) is 29.3 Å². The van der Waals surface area contributed by atoms with Gasteiger partial charge < -0.3 is 15.6 Å². The van der Waals surface area contributed by atoms with Gasteiger partial charge in [0.05, 0.1) is 22.9 Å². The van der Waals surface area contributed by atoms with Gasteiger partial charge >= 0.3 is 5.97 Å². The molecular formula is C14H20ClNO3. The Labute approximate surface area is 118 Å². The Morgan fingerprint density at radius 2 is 2.11 bits per heavy atom. The molecule has 0 aromatic heterocycles. The standard InChI is InChI=1S/C14H20ClNO3/c1-4-19-12(17)6-5-9-7-10(14(2,3)18)8-11(15)13(9)16/h7-8,18H,4-6,16H2,1-3H3. The first-order valence-electron chi connectivity index (χ1n) is 6.22. The molecule has 0 aliphatic heterocycles. The first kappa shape index (κ1) is 15.8. The van der Waals surface area contributed by atoms with Gasteiger partial charge in [-0.3, -0.25) is 4.79 Å². The number of rotatable bonds is 5.